The highest BCUT2D eigenvalue weighted by Gasteiger charge is 1.96. The molecule has 96 valence electrons. The van der Waals surface area contributed by atoms with Crippen LogP contribution >= 0.6 is 11.8 Å². The minimum absolute atomic E-state index is 0.979. The second-order valence-electron chi connectivity index (χ2n) is 4.44. The van der Waals surface area contributed by atoms with E-state index < -0.39 is 0 Å². The fraction of sp³-hybridized carbons (Fsp3) is 0.571. The van der Waals surface area contributed by atoms with Gasteiger partial charge in [0.25, 0.3) is 0 Å². The first-order valence-corrected chi connectivity index (χ1v) is 7.59. The summed E-state index contributed by atoms with van der Waals surface area (Å²) >= 11 is 1.93. The molecule has 3 heteroatoms. The second-order valence-corrected chi connectivity index (χ2v) is 5.42. The van der Waals surface area contributed by atoms with Gasteiger partial charge in [-0.25, -0.2) is 0 Å². The SMILES string of the molecule is CSCCCCNCc1ccc(N(C)C)cc1. The van der Waals surface area contributed by atoms with Crippen LogP contribution in [0.4, 0.5) is 5.69 Å². The molecule has 0 amide bonds. The third-order valence-corrected chi connectivity index (χ3v) is 3.43. The van der Waals surface area contributed by atoms with Crippen LogP contribution in [0.2, 0.25) is 0 Å². The van der Waals surface area contributed by atoms with Crippen LogP contribution in [0.1, 0.15) is 18.4 Å². The molecule has 0 atom stereocenters. The Hall–Kier alpha value is -0.670. The summed E-state index contributed by atoms with van der Waals surface area (Å²) in [4.78, 5) is 2.12. The van der Waals surface area contributed by atoms with Crippen molar-refractivity contribution in [3.8, 4) is 0 Å². The average molecular weight is 252 g/mol. The van der Waals surface area contributed by atoms with Crippen molar-refractivity contribution in [2.75, 3.05) is 37.5 Å². The number of thioether (sulfide) groups is 1. The molecular weight excluding hydrogens is 228 g/mol. The summed E-state index contributed by atoms with van der Waals surface area (Å²) in [7, 11) is 4.14. The zero-order chi connectivity index (χ0) is 12.5. The summed E-state index contributed by atoms with van der Waals surface area (Å²) in [6, 6.07) is 8.74. The molecule has 0 aliphatic rings. The molecule has 0 aliphatic heterocycles. The predicted molar refractivity (Wildman–Crippen MR) is 80.1 cm³/mol. The average Bonchev–Trinajstić information content (AvgIpc) is 2.34. The summed E-state index contributed by atoms with van der Waals surface area (Å²) in [5.74, 6) is 1.28. The first-order chi connectivity index (χ1) is 8.24. The van der Waals surface area contributed by atoms with Crippen LogP contribution in [0.25, 0.3) is 0 Å². The van der Waals surface area contributed by atoms with Gasteiger partial charge in [0.2, 0.25) is 0 Å². The van der Waals surface area contributed by atoms with Crippen molar-refractivity contribution < 1.29 is 0 Å². The predicted octanol–water partition coefficient (Wildman–Crippen LogP) is 2.99. The molecule has 0 unspecified atom stereocenters. The maximum absolute atomic E-state index is 3.49. The van der Waals surface area contributed by atoms with Crippen LogP contribution in [-0.4, -0.2) is 32.6 Å². The number of rotatable bonds is 8. The molecule has 0 saturated heterocycles. The van der Waals surface area contributed by atoms with E-state index in [9.17, 15) is 0 Å². The van der Waals surface area contributed by atoms with Crippen LogP contribution in [-0.2, 0) is 6.54 Å². The minimum atomic E-state index is 0.979. The zero-order valence-corrected chi connectivity index (χ0v) is 12.0. The largest absolute Gasteiger partial charge is 0.378 e. The lowest BCUT2D eigenvalue weighted by molar-refractivity contribution is 0.644. The van der Waals surface area contributed by atoms with Gasteiger partial charge in [-0.3, -0.25) is 0 Å². The van der Waals surface area contributed by atoms with E-state index >= 15 is 0 Å². The molecule has 1 aromatic carbocycles. The fourth-order valence-corrected chi connectivity index (χ4v) is 2.13. The number of hydrogen-bond donors (Lipinski definition) is 1. The first kappa shape index (κ1) is 14.4. The molecular formula is C14H24N2S. The Morgan fingerprint density at radius 1 is 1.12 bits per heavy atom. The van der Waals surface area contributed by atoms with Gasteiger partial charge in [0, 0.05) is 26.3 Å². The van der Waals surface area contributed by atoms with Crippen molar-refractivity contribution in [1.82, 2.24) is 5.32 Å². The van der Waals surface area contributed by atoms with E-state index in [1.165, 1.54) is 29.8 Å². The zero-order valence-electron chi connectivity index (χ0n) is 11.2. The lowest BCUT2D eigenvalue weighted by Crippen LogP contribution is -2.15. The van der Waals surface area contributed by atoms with Gasteiger partial charge in [-0.15, -0.1) is 0 Å². The van der Waals surface area contributed by atoms with Crippen LogP contribution in [0.3, 0.4) is 0 Å². The van der Waals surface area contributed by atoms with E-state index in [1.54, 1.807) is 0 Å². The summed E-state index contributed by atoms with van der Waals surface area (Å²) < 4.78 is 0. The molecule has 0 aliphatic carbocycles. The van der Waals surface area contributed by atoms with Crippen LogP contribution in [0.15, 0.2) is 24.3 Å². The first-order valence-electron chi connectivity index (χ1n) is 6.20. The van der Waals surface area contributed by atoms with E-state index in [4.69, 9.17) is 0 Å². The maximum Gasteiger partial charge on any atom is 0.0361 e. The van der Waals surface area contributed by atoms with Crippen LogP contribution in [0, 0.1) is 0 Å². The Morgan fingerprint density at radius 2 is 1.82 bits per heavy atom. The summed E-state index contributed by atoms with van der Waals surface area (Å²) in [6.45, 7) is 2.10. The van der Waals surface area contributed by atoms with Gasteiger partial charge < -0.3 is 10.2 Å². The van der Waals surface area contributed by atoms with E-state index in [1.807, 2.05) is 11.8 Å². The quantitative estimate of drug-likeness (QED) is 0.716. The molecule has 0 heterocycles. The van der Waals surface area contributed by atoms with Crippen molar-refractivity contribution in [2.45, 2.75) is 19.4 Å². The van der Waals surface area contributed by atoms with Gasteiger partial charge in [0.05, 0.1) is 0 Å². The monoisotopic (exact) mass is 252 g/mol. The van der Waals surface area contributed by atoms with Crippen molar-refractivity contribution >= 4 is 17.4 Å². The smallest absolute Gasteiger partial charge is 0.0361 e. The second kappa shape index (κ2) is 8.43. The number of anilines is 1. The van der Waals surface area contributed by atoms with Gasteiger partial charge in [0.15, 0.2) is 0 Å². The molecule has 0 spiro atoms. The molecule has 1 rings (SSSR count). The van der Waals surface area contributed by atoms with E-state index in [0.29, 0.717) is 0 Å². The van der Waals surface area contributed by atoms with Gasteiger partial charge in [-0.1, -0.05) is 12.1 Å². The van der Waals surface area contributed by atoms with Crippen LogP contribution < -0.4 is 10.2 Å². The minimum Gasteiger partial charge on any atom is -0.378 e. The fourth-order valence-electron chi connectivity index (χ4n) is 1.64. The Morgan fingerprint density at radius 3 is 2.41 bits per heavy atom. The molecule has 0 fully saturated rings. The molecule has 0 bridgehead atoms. The summed E-state index contributed by atoms with van der Waals surface area (Å²) in [6.07, 6.45) is 4.75. The van der Waals surface area contributed by atoms with E-state index in [0.717, 1.165) is 13.1 Å². The van der Waals surface area contributed by atoms with Gasteiger partial charge in [0.1, 0.15) is 0 Å². The van der Waals surface area contributed by atoms with Gasteiger partial charge >= 0.3 is 0 Å². The summed E-state index contributed by atoms with van der Waals surface area (Å²) in [5, 5.41) is 3.49. The Labute approximate surface area is 110 Å². The van der Waals surface area contributed by atoms with Gasteiger partial charge in [-0.2, -0.15) is 11.8 Å². The Balaban J connectivity index is 2.19. The third-order valence-electron chi connectivity index (χ3n) is 2.73. The topological polar surface area (TPSA) is 15.3 Å². The normalized spacial score (nSPS) is 10.5. The highest BCUT2D eigenvalue weighted by molar-refractivity contribution is 7.98. The number of hydrogen-bond acceptors (Lipinski definition) is 3. The van der Waals surface area contributed by atoms with E-state index in [2.05, 4.69) is 54.8 Å². The lowest BCUT2D eigenvalue weighted by atomic mass is 10.2. The van der Waals surface area contributed by atoms with Crippen molar-refractivity contribution in [1.29, 1.82) is 0 Å². The van der Waals surface area contributed by atoms with E-state index in [-0.39, 0.29) is 0 Å². The van der Waals surface area contributed by atoms with Crippen molar-refractivity contribution in [3.63, 3.8) is 0 Å². The molecule has 0 aromatic heterocycles. The molecule has 0 radical (unpaired) electrons. The molecule has 1 aromatic rings. The van der Waals surface area contributed by atoms with Crippen LogP contribution in [0.5, 0.6) is 0 Å². The lowest BCUT2D eigenvalue weighted by Gasteiger charge is -2.12. The highest BCUT2D eigenvalue weighted by atomic mass is 32.2. The highest BCUT2D eigenvalue weighted by Crippen LogP contribution is 2.11. The van der Waals surface area contributed by atoms with Crippen molar-refractivity contribution in [2.24, 2.45) is 0 Å². The number of benzene rings is 1. The number of nitrogens with zero attached hydrogens (tertiary/aromatic N) is 1. The standard InChI is InChI=1S/C14H24N2S/c1-16(2)14-8-6-13(7-9-14)12-15-10-4-5-11-17-3/h6-9,15H,4-5,10-12H2,1-3H3. The van der Waals surface area contributed by atoms with Crippen molar-refractivity contribution in [3.05, 3.63) is 29.8 Å². The third kappa shape index (κ3) is 5.99. The van der Waals surface area contributed by atoms with Gasteiger partial charge in [-0.05, 0) is 49.1 Å². The number of nitrogens with one attached hydrogen (secondary N) is 1. The molecule has 0 saturated carbocycles. The molecule has 17 heavy (non-hydrogen) atoms. The number of unbranched alkanes of at least 4 members (excludes halogenated alkanes) is 1. The summed E-state index contributed by atoms with van der Waals surface area (Å²) in [5.41, 5.74) is 2.62. The Bertz CT molecular complexity index is 296. The molecule has 1 N–H and O–H groups in total. The Kier molecular flexibility index (Phi) is 7.13. The molecule has 2 nitrogen and oxygen atoms in total. The maximum atomic E-state index is 3.49.